The van der Waals surface area contributed by atoms with E-state index in [1.165, 1.54) is 0 Å². The Morgan fingerprint density at radius 2 is 2.00 bits per heavy atom. The summed E-state index contributed by atoms with van der Waals surface area (Å²) in [5.41, 5.74) is 4.16. The van der Waals surface area contributed by atoms with Crippen LogP contribution in [-0.4, -0.2) is 36.3 Å². The van der Waals surface area contributed by atoms with Crippen molar-refractivity contribution in [1.29, 1.82) is 0 Å². The van der Waals surface area contributed by atoms with Crippen LogP contribution < -0.4 is 0 Å². The van der Waals surface area contributed by atoms with Crippen LogP contribution in [0.1, 0.15) is 22.5 Å². The van der Waals surface area contributed by atoms with E-state index in [1.807, 2.05) is 42.5 Å². The maximum absolute atomic E-state index is 12.6. The molecule has 1 aliphatic rings. The molecule has 0 saturated heterocycles. The molecule has 0 N–H and O–H groups in total. The number of carbonyl (C=O) groups excluding carboxylic acids is 1. The van der Waals surface area contributed by atoms with Gasteiger partial charge in [0.05, 0.1) is 0 Å². The van der Waals surface area contributed by atoms with Gasteiger partial charge < -0.3 is 14.2 Å². The molecule has 1 aliphatic heterocycles. The van der Waals surface area contributed by atoms with Crippen molar-refractivity contribution in [3.63, 3.8) is 0 Å². The summed E-state index contributed by atoms with van der Waals surface area (Å²) < 4.78 is 6.08. The Kier molecular flexibility index (Phi) is 5.25. The predicted molar refractivity (Wildman–Crippen MR) is 113 cm³/mol. The van der Waals surface area contributed by atoms with Crippen LogP contribution >= 0.6 is 11.6 Å². The fourth-order valence-electron chi connectivity index (χ4n) is 3.72. The molecule has 0 radical (unpaired) electrons. The number of hydrogen-bond acceptors (Lipinski definition) is 3. The number of likely N-dealkylation sites (N-methyl/N-ethyl adjacent to an activating group) is 2. The maximum atomic E-state index is 12.6. The van der Waals surface area contributed by atoms with Gasteiger partial charge in [0.1, 0.15) is 11.3 Å². The molecule has 0 fully saturated rings. The maximum Gasteiger partial charge on any atom is 0.246 e. The van der Waals surface area contributed by atoms with Crippen molar-refractivity contribution in [2.24, 2.45) is 0 Å². The van der Waals surface area contributed by atoms with Crippen LogP contribution in [0.2, 0.25) is 5.02 Å². The highest BCUT2D eigenvalue weighted by atomic mass is 35.5. The Morgan fingerprint density at radius 1 is 1.21 bits per heavy atom. The Labute approximate surface area is 170 Å². The first-order valence-corrected chi connectivity index (χ1v) is 9.79. The lowest BCUT2D eigenvalue weighted by Gasteiger charge is -2.15. The van der Waals surface area contributed by atoms with E-state index in [-0.39, 0.29) is 5.91 Å². The molecule has 3 aromatic rings. The molecule has 4 nitrogen and oxygen atoms in total. The van der Waals surface area contributed by atoms with Crippen LogP contribution in [0.15, 0.2) is 53.0 Å². The van der Waals surface area contributed by atoms with Crippen molar-refractivity contribution >= 4 is 34.6 Å². The van der Waals surface area contributed by atoms with Crippen molar-refractivity contribution in [2.45, 2.75) is 19.5 Å². The van der Waals surface area contributed by atoms with Gasteiger partial charge in [0.25, 0.3) is 0 Å². The Bertz CT molecular complexity index is 1040. The van der Waals surface area contributed by atoms with Gasteiger partial charge >= 0.3 is 0 Å². The monoisotopic (exact) mass is 394 g/mol. The zero-order chi connectivity index (χ0) is 19.7. The van der Waals surface area contributed by atoms with E-state index in [9.17, 15) is 4.79 Å². The molecule has 0 unspecified atom stereocenters. The molecule has 2 heterocycles. The molecule has 0 bridgehead atoms. The fourth-order valence-corrected chi connectivity index (χ4v) is 3.97. The van der Waals surface area contributed by atoms with E-state index in [1.54, 1.807) is 24.1 Å². The second-order valence-corrected chi connectivity index (χ2v) is 7.75. The summed E-state index contributed by atoms with van der Waals surface area (Å²) >= 11 is 6.45. The zero-order valence-electron chi connectivity index (χ0n) is 16.1. The molecule has 4 rings (SSSR count). The van der Waals surface area contributed by atoms with Gasteiger partial charge in [0, 0.05) is 48.7 Å². The number of carbonyl (C=O) groups is 1. The summed E-state index contributed by atoms with van der Waals surface area (Å²) in [5.74, 6) is 0.672. The second-order valence-electron chi connectivity index (χ2n) is 7.34. The van der Waals surface area contributed by atoms with Gasteiger partial charge in [-0.3, -0.25) is 4.79 Å². The van der Waals surface area contributed by atoms with Crippen LogP contribution in [0, 0.1) is 0 Å². The summed E-state index contributed by atoms with van der Waals surface area (Å²) in [6.07, 6.45) is 4.26. The summed E-state index contributed by atoms with van der Waals surface area (Å²) in [6.45, 7) is 2.28. The normalized spacial score (nSPS) is 14.5. The molecule has 2 aromatic carbocycles. The highest BCUT2D eigenvalue weighted by Gasteiger charge is 2.22. The number of amides is 1. The summed E-state index contributed by atoms with van der Waals surface area (Å²) in [5, 5.41) is 1.88. The SMILES string of the molecule is CN1CCc2c(Cl)ccc3oc(C=CC(=O)N(C)Cc4ccccc4)c(c23)C1. The average Bonchev–Trinajstić information content (AvgIpc) is 2.92. The van der Waals surface area contributed by atoms with Gasteiger partial charge in [-0.1, -0.05) is 41.9 Å². The van der Waals surface area contributed by atoms with Gasteiger partial charge in [-0.05, 0) is 42.8 Å². The quantitative estimate of drug-likeness (QED) is 0.599. The lowest BCUT2D eigenvalue weighted by Crippen LogP contribution is -2.24. The van der Waals surface area contributed by atoms with Gasteiger partial charge in [0.15, 0.2) is 0 Å². The van der Waals surface area contributed by atoms with Gasteiger partial charge in [-0.25, -0.2) is 0 Å². The van der Waals surface area contributed by atoms with Crippen LogP contribution in [0.4, 0.5) is 0 Å². The largest absolute Gasteiger partial charge is 0.456 e. The van der Waals surface area contributed by atoms with Crippen LogP contribution in [0.25, 0.3) is 17.0 Å². The molecule has 0 saturated carbocycles. The van der Waals surface area contributed by atoms with E-state index < -0.39 is 0 Å². The minimum absolute atomic E-state index is 0.0586. The highest BCUT2D eigenvalue weighted by Crippen LogP contribution is 2.36. The topological polar surface area (TPSA) is 36.7 Å². The third-order valence-corrected chi connectivity index (χ3v) is 5.58. The van der Waals surface area contributed by atoms with Crippen molar-refractivity contribution in [1.82, 2.24) is 9.80 Å². The first-order chi connectivity index (χ1) is 13.5. The number of furan rings is 1. The van der Waals surface area contributed by atoms with Crippen molar-refractivity contribution in [2.75, 3.05) is 20.6 Å². The number of benzene rings is 2. The molecule has 0 aliphatic carbocycles. The smallest absolute Gasteiger partial charge is 0.246 e. The highest BCUT2D eigenvalue weighted by molar-refractivity contribution is 6.32. The first kappa shape index (κ1) is 18.8. The standard InChI is InChI=1S/C23H23ClN2O2/c1-25-13-12-17-19(24)8-9-21-23(17)18(15-25)20(28-21)10-11-22(27)26(2)14-16-6-4-3-5-7-16/h3-11H,12-15H2,1-2H3. The lowest BCUT2D eigenvalue weighted by atomic mass is 10.0. The predicted octanol–water partition coefficient (Wildman–Crippen LogP) is 4.75. The van der Waals surface area contributed by atoms with E-state index >= 15 is 0 Å². The van der Waals surface area contributed by atoms with Gasteiger partial charge in [0.2, 0.25) is 5.91 Å². The van der Waals surface area contributed by atoms with E-state index in [0.717, 1.165) is 58.0 Å². The third-order valence-electron chi connectivity index (χ3n) is 5.22. The molecule has 144 valence electrons. The van der Waals surface area contributed by atoms with E-state index in [0.29, 0.717) is 6.54 Å². The van der Waals surface area contributed by atoms with E-state index in [4.69, 9.17) is 16.0 Å². The minimum Gasteiger partial charge on any atom is -0.456 e. The Balaban J connectivity index is 1.61. The number of nitrogens with zero attached hydrogens (tertiary/aromatic N) is 2. The van der Waals surface area contributed by atoms with Crippen molar-refractivity contribution < 1.29 is 9.21 Å². The summed E-state index contributed by atoms with van der Waals surface area (Å²) in [4.78, 5) is 16.5. The summed E-state index contributed by atoms with van der Waals surface area (Å²) in [7, 11) is 3.89. The van der Waals surface area contributed by atoms with Gasteiger partial charge in [-0.2, -0.15) is 0 Å². The minimum atomic E-state index is -0.0586. The third kappa shape index (κ3) is 3.71. The molecular formula is C23H23ClN2O2. The number of halogens is 1. The molecule has 1 aromatic heterocycles. The van der Waals surface area contributed by atoms with Crippen LogP contribution in [0.5, 0.6) is 0 Å². The van der Waals surface area contributed by atoms with Crippen molar-refractivity contribution in [3.8, 4) is 0 Å². The van der Waals surface area contributed by atoms with Crippen molar-refractivity contribution in [3.05, 3.63) is 76.0 Å². The van der Waals surface area contributed by atoms with E-state index in [2.05, 4.69) is 11.9 Å². The molecular weight excluding hydrogens is 372 g/mol. The van der Waals surface area contributed by atoms with Gasteiger partial charge in [-0.15, -0.1) is 0 Å². The molecule has 5 heteroatoms. The number of hydrogen-bond donors (Lipinski definition) is 0. The Morgan fingerprint density at radius 3 is 2.79 bits per heavy atom. The average molecular weight is 395 g/mol. The van der Waals surface area contributed by atoms with Crippen LogP contribution in [0.3, 0.4) is 0 Å². The molecule has 1 amide bonds. The molecule has 0 atom stereocenters. The molecule has 0 spiro atoms. The van der Waals surface area contributed by atoms with Crippen LogP contribution in [-0.2, 0) is 24.3 Å². The number of rotatable bonds is 4. The zero-order valence-corrected chi connectivity index (χ0v) is 16.9. The first-order valence-electron chi connectivity index (χ1n) is 9.41. The summed E-state index contributed by atoms with van der Waals surface area (Å²) in [6, 6.07) is 13.8. The Hall–Kier alpha value is -2.56. The molecule has 28 heavy (non-hydrogen) atoms. The fraction of sp³-hybridized carbons (Fsp3) is 0.261. The second kappa shape index (κ2) is 7.82. The lowest BCUT2D eigenvalue weighted by molar-refractivity contribution is -0.125.